The van der Waals surface area contributed by atoms with Crippen molar-refractivity contribution in [1.82, 2.24) is 10.3 Å². The highest BCUT2D eigenvalue weighted by Crippen LogP contribution is 2.21. The van der Waals surface area contributed by atoms with Crippen molar-refractivity contribution in [2.45, 2.75) is 0 Å². The van der Waals surface area contributed by atoms with Crippen molar-refractivity contribution < 1.29 is 14.4 Å². The van der Waals surface area contributed by atoms with Crippen LogP contribution in [-0.2, 0) is 9.59 Å². The normalized spacial score (nSPS) is 18.1. The van der Waals surface area contributed by atoms with Gasteiger partial charge in [-0.15, -0.1) is 0 Å². The van der Waals surface area contributed by atoms with E-state index in [9.17, 15) is 14.4 Å². The van der Waals surface area contributed by atoms with Crippen LogP contribution in [0.15, 0.2) is 53.8 Å². The molecule has 1 fully saturated rings. The molecule has 0 unspecified atom stereocenters. The third-order valence-corrected chi connectivity index (χ3v) is 4.02. The lowest BCUT2D eigenvalue weighted by atomic mass is 10.1. The molecule has 3 rings (SSSR count). The van der Waals surface area contributed by atoms with Crippen molar-refractivity contribution in [2.24, 2.45) is 10.9 Å². The number of aromatic nitrogens is 1. The van der Waals surface area contributed by atoms with E-state index in [2.05, 4.69) is 37.9 Å². The topological polar surface area (TPSA) is 91.7 Å². The number of amides is 4. The Bertz CT molecular complexity index is 821. The fraction of sp³-hybridized carbons (Fsp3) is 0.0625. The van der Waals surface area contributed by atoms with Crippen LogP contribution in [-0.4, -0.2) is 29.0 Å². The lowest BCUT2D eigenvalue weighted by Gasteiger charge is -2.28. The first-order chi connectivity index (χ1) is 11.6. The Labute approximate surface area is 150 Å². The molecule has 1 N–H and O–H groups in total. The number of rotatable bonds is 3. The highest BCUT2D eigenvalue weighted by Gasteiger charge is 2.40. The van der Waals surface area contributed by atoms with Crippen LogP contribution in [0.3, 0.4) is 0 Å². The fourth-order valence-electron chi connectivity index (χ4n) is 2.15. The minimum atomic E-state index is -1.18. The van der Waals surface area contributed by atoms with Gasteiger partial charge < -0.3 is 0 Å². The summed E-state index contributed by atoms with van der Waals surface area (Å²) in [6.45, 7) is 0. The second-order valence-corrected chi connectivity index (χ2v) is 6.16. The van der Waals surface area contributed by atoms with E-state index < -0.39 is 23.8 Å². The Morgan fingerprint density at radius 3 is 2.58 bits per heavy atom. The first-order valence-corrected chi connectivity index (χ1v) is 8.03. The summed E-state index contributed by atoms with van der Waals surface area (Å²) >= 11 is 2.12. The van der Waals surface area contributed by atoms with E-state index in [-0.39, 0.29) is 0 Å². The number of pyridine rings is 1. The zero-order chi connectivity index (χ0) is 17.1. The summed E-state index contributed by atoms with van der Waals surface area (Å²) in [5, 5.41) is 2.18. The molecule has 1 saturated heterocycles. The number of anilines is 1. The Hall–Kier alpha value is -2.62. The summed E-state index contributed by atoms with van der Waals surface area (Å²) in [4.78, 5) is 45.5. The van der Waals surface area contributed by atoms with Crippen molar-refractivity contribution in [3.8, 4) is 0 Å². The number of urea groups is 1. The summed E-state index contributed by atoms with van der Waals surface area (Å²) in [6, 6.07) is 9.44. The largest absolute Gasteiger partial charge is 0.335 e. The smallest absolute Gasteiger partial charge is 0.276 e. The number of barbiturate groups is 1. The van der Waals surface area contributed by atoms with Crippen molar-refractivity contribution in [3.05, 3.63) is 52.4 Å². The van der Waals surface area contributed by atoms with Gasteiger partial charge in [-0.2, -0.15) is 0 Å². The Morgan fingerprint density at radius 1 is 1.17 bits per heavy atom. The van der Waals surface area contributed by atoms with Gasteiger partial charge in [0.15, 0.2) is 5.92 Å². The highest BCUT2D eigenvalue weighted by atomic mass is 127. The molecule has 1 aliphatic heterocycles. The van der Waals surface area contributed by atoms with Gasteiger partial charge in [-0.25, -0.2) is 9.69 Å². The van der Waals surface area contributed by atoms with Gasteiger partial charge in [0.05, 0.1) is 17.6 Å². The van der Waals surface area contributed by atoms with Gasteiger partial charge in [-0.1, -0.05) is 0 Å². The zero-order valence-electron chi connectivity index (χ0n) is 12.2. The first kappa shape index (κ1) is 16.2. The fourth-order valence-corrected chi connectivity index (χ4v) is 2.51. The maximum Gasteiger partial charge on any atom is 0.335 e. The number of carbonyl (C=O) groups is 3. The van der Waals surface area contributed by atoms with Crippen molar-refractivity contribution >= 4 is 58.0 Å². The van der Waals surface area contributed by atoms with E-state index >= 15 is 0 Å². The lowest BCUT2D eigenvalue weighted by molar-refractivity contribution is -0.131. The SMILES string of the molecule is O=C1NC(=O)N(c2ccc(I)cc2)C(=O)[C@@H]1C=Nc1cccnc1. The molecule has 1 aromatic carbocycles. The molecule has 0 spiro atoms. The molecule has 0 saturated carbocycles. The van der Waals surface area contributed by atoms with Crippen LogP contribution >= 0.6 is 22.6 Å². The van der Waals surface area contributed by atoms with E-state index in [1.54, 1.807) is 42.6 Å². The van der Waals surface area contributed by atoms with Gasteiger partial charge in [0.2, 0.25) is 5.91 Å². The zero-order valence-corrected chi connectivity index (χ0v) is 14.4. The van der Waals surface area contributed by atoms with Crippen molar-refractivity contribution in [3.63, 3.8) is 0 Å². The molecule has 0 bridgehead atoms. The first-order valence-electron chi connectivity index (χ1n) is 6.95. The number of nitrogens with zero attached hydrogens (tertiary/aromatic N) is 3. The average Bonchev–Trinajstić information content (AvgIpc) is 2.57. The Kier molecular flexibility index (Phi) is 4.65. The predicted octanol–water partition coefficient (Wildman–Crippen LogP) is 2.29. The molecule has 2 aromatic rings. The number of halogens is 1. The summed E-state index contributed by atoms with van der Waals surface area (Å²) in [6.07, 6.45) is 4.32. The van der Waals surface area contributed by atoms with Crippen molar-refractivity contribution in [1.29, 1.82) is 0 Å². The molecule has 7 nitrogen and oxygen atoms in total. The number of nitrogens with one attached hydrogen (secondary N) is 1. The number of carbonyl (C=O) groups excluding carboxylic acids is 3. The monoisotopic (exact) mass is 434 g/mol. The third-order valence-electron chi connectivity index (χ3n) is 3.31. The van der Waals surface area contributed by atoms with E-state index in [0.717, 1.165) is 8.47 Å². The Balaban J connectivity index is 1.88. The van der Waals surface area contributed by atoms with Crippen LogP contribution in [0.25, 0.3) is 0 Å². The Morgan fingerprint density at radius 2 is 1.92 bits per heavy atom. The molecular weight excluding hydrogens is 423 g/mol. The maximum atomic E-state index is 12.6. The second kappa shape index (κ2) is 6.87. The number of benzene rings is 1. The number of aliphatic imine (C=N–C) groups is 1. The minimum Gasteiger partial charge on any atom is -0.276 e. The standard InChI is InChI=1S/C16H11IN4O3/c17-10-3-5-12(6-4-10)21-15(23)13(14(22)20-16(21)24)9-19-11-2-1-7-18-8-11/h1-9,13H,(H,20,22,24)/t13-/m1/s1. The molecule has 8 heteroatoms. The molecular formula is C16H11IN4O3. The van der Waals surface area contributed by atoms with Crippen LogP contribution in [0, 0.1) is 9.49 Å². The summed E-state index contributed by atoms with van der Waals surface area (Å²) < 4.78 is 0.965. The molecule has 120 valence electrons. The minimum absolute atomic E-state index is 0.394. The number of hydrogen-bond acceptors (Lipinski definition) is 5. The molecule has 0 aliphatic carbocycles. The number of hydrogen-bond donors (Lipinski definition) is 1. The van der Waals surface area contributed by atoms with Gasteiger partial charge in [0.25, 0.3) is 5.91 Å². The average molecular weight is 434 g/mol. The molecule has 0 radical (unpaired) electrons. The van der Waals surface area contributed by atoms with E-state index in [4.69, 9.17) is 0 Å². The summed E-state index contributed by atoms with van der Waals surface area (Å²) in [5.41, 5.74) is 0.904. The van der Waals surface area contributed by atoms with Gasteiger partial charge >= 0.3 is 6.03 Å². The molecule has 2 heterocycles. The predicted molar refractivity (Wildman–Crippen MR) is 96.1 cm³/mol. The lowest BCUT2D eigenvalue weighted by Crippen LogP contribution is -2.58. The van der Waals surface area contributed by atoms with E-state index in [1.165, 1.54) is 12.4 Å². The van der Waals surface area contributed by atoms with Crippen LogP contribution in [0.5, 0.6) is 0 Å². The molecule has 1 atom stereocenters. The van der Waals surface area contributed by atoms with Crippen LogP contribution < -0.4 is 10.2 Å². The van der Waals surface area contributed by atoms with E-state index in [1.807, 2.05) is 0 Å². The molecule has 1 aromatic heterocycles. The maximum absolute atomic E-state index is 12.6. The van der Waals surface area contributed by atoms with Crippen LogP contribution in [0.2, 0.25) is 0 Å². The third kappa shape index (κ3) is 3.32. The van der Waals surface area contributed by atoms with Crippen molar-refractivity contribution in [2.75, 3.05) is 4.90 Å². The second-order valence-electron chi connectivity index (χ2n) is 4.91. The summed E-state index contributed by atoms with van der Waals surface area (Å²) in [7, 11) is 0. The van der Waals surface area contributed by atoms with Crippen LogP contribution in [0.1, 0.15) is 0 Å². The highest BCUT2D eigenvalue weighted by molar-refractivity contribution is 14.1. The van der Waals surface area contributed by atoms with Gasteiger partial charge in [0.1, 0.15) is 0 Å². The van der Waals surface area contributed by atoms with Gasteiger partial charge in [-0.3, -0.25) is 24.9 Å². The van der Waals surface area contributed by atoms with Gasteiger partial charge in [-0.05, 0) is 59.0 Å². The van der Waals surface area contributed by atoms with Crippen LogP contribution in [0.4, 0.5) is 16.2 Å². The van der Waals surface area contributed by atoms with E-state index in [0.29, 0.717) is 11.4 Å². The molecule has 1 aliphatic rings. The molecule has 4 amide bonds. The van der Waals surface area contributed by atoms with Gasteiger partial charge in [0, 0.05) is 16.0 Å². The quantitative estimate of drug-likeness (QED) is 0.456. The summed E-state index contributed by atoms with van der Waals surface area (Å²) in [5.74, 6) is -2.51. The molecule has 24 heavy (non-hydrogen) atoms. The number of imide groups is 2.